The minimum Gasteiger partial charge on any atom is -0.444 e. The van der Waals surface area contributed by atoms with Crippen molar-refractivity contribution in [1.29, 1.82) is 5.53 Å². The zero-order valence-electron chi connectivity index (χ0n) is 12.5. The number of rotatable bonds is 2. The summed E-state index contributed by atoms with van der Waals surface area (Å²) >= 11 is 1.95. The number of carbonyl (C=O) groups is 2. The first kappa shape index (κ1) is 16.6. The lowest BCUT2D eigenvalue weighted by Crippen LogP contribution is -2.42. The highest BCUT2D eigenvalue weighted by atomic mass is 127. The van der Waals surface area contributed by atoms with Crippen LogP contribution in [0, 0.1) is 9.23 Å². The average Bonchev–Trinajstić information content (AvgIpc) is 2.71. The van der Waals surface area contributed by atoms with Crippen molar-refractivity contribution in [3.8, 4) is 0 Å². The number of hydrogen-bond donors (Lipinski definition) is 2. The molecule has 0 bridgehead atoms. The van der Waals surface area contributed by atoms with Crippen LogP contribution in [0.15, 0.2) is 5.22 Å². The van der Waals surface area contributed by atoms with Crippen molar-refractivity contribution >= 4 is 34.6 Å². The molecule has 1 aliphatic rings. The van der Waals surface area contributed by atoms with Crippen LogP contribution < -0.4 is 5.43 Å². The molecule has 10 heteroatoms. The molecule has 1 aromatic rings. The van der Waals surface area contributed by atoms with E-state index in [-0.39, 0.29) is 6.54 Å². The molecule has 0 unspecified atom stereocenters. The van der Waals surface area contributed by atoms with Gasteiger partial charge in [-0.2, -0.15) is 10.6 Å². The molecule has 1 aliphatic heterocycles. The number of hydrogen-bond acceptors (Lipinski definition) is 6. The van der Waals surface area contributed by atoms with E-state index in [0.29, 0.717) is 28.0 Å². The Morgan fingerprint density at radius 3 is 2.68 bits per heavy atom. The lowest BCUT2D eigenvalue weighted by atomic mass is 10.2. The van der Waals surface area contributed by atoms with Crippen LogP contribution in [-0.4, -0.2) is 38.8 Å². The molecule has 0 aliphatic carbocycles. The van der Waals surface area contributed by atoms with Crippen molar-refractivity contribution in [3.63, 3.8) is 0 Å². The van der Waals surface area contributed by atoms with Gasteiger partial charge < -0.3 is 9.64 Å². The molecule has 120 valence electrons. The summed E-state index contributed by atoms with van der Waals surface area (Å²) in [5.41, 5.74) is 9.19. The summed E-state index contributed by atoms with van der Waals surface area (Å²) < 4.78 is 7.56. The molecule has 0 fully saturated rings. The molecule has 9 nitrogen and oxygen atoms in total. The van der Waals surface area contributed by atoms with Gasteiger partial charge >= 0.3 is 6.09 Å². The van der Waals surface area contributed by atoms with Crippen molar-refractivity contribution < 1.29 is 14.3 Å². The van der Waals surface area contributed by atoms with Gasteiger partial charge in [-0.1, -0.05) is 5.22 Å². The molecule has 2 N–H and O–H groups in total. The largest absolute Gasteiger partial charge is 0.444 e. The number of ether oxygens (including phenoxy) is 1. The first-order valence-electron chi connectivity index (χ1n) is 6.63. The van der Waals surface area contributed by atoms with E-state index in [0.717, 1.165) is 0 Å². The molecular weight excluding hydrogens is 403 g/mol. The van der Waals surface area contributed by atoms with Gasteiger partial charge in [-0.05, 0) is 43.4 Å². The van der Waals surface area contributed by atoms with E-state index < -0.39 is 17.6 Å². The number of nitrogens with zero attached hydrogens (tertiary/aromatic N) is 4. The van der Waals surface area contributed by atoms with E-state index >= 15 is 0 Å². The monoisotopic (exact) mass is 420 g/mol. The van der Waals surface area contributed by atoms with Crippen LogP contribution in [0.2, 0.25) is 0 Å². The van der Waals surface area contributed by atoms with Gasteiger partial charge in [-0.3, -0.25) is 9.48 Å². The predicted molar refractivity (Wildman–Crippen MR) is 84.2 cm³/mol. The molecule has 0 saturated heterocycles. The zero-order valence-corrected chi connectivity index (χ0v) is 14.7. The molecule has 22 heavy (non-hydrogen) atoms. The molecule has 1 aromatic heterocycles. The van der Waals surface area contributed by atoms with Gasteiger partial charge in [0.25, 0.3) is 5.91 Å². The molecule has 2 heterocycles. The Balaban J connectivity index is 2.24. The Hall–Kier alpha value is -1.72. The number of carbonyl (C=O) groups excluding carboxylic acids is 2. The predicted octanol–water partition coefficient (Wildman–Crippen LogP) is 1.91. The molecule has 0 atom stereocenters. The van der Waals surface area contributed by atoms with Crippen molar-refractivity contribution in [3.05, 3.63) is 15.0 Å². The molecular formula is C12H17IN6O3. The summed E-state index contributed by atoms with van der Waals surface area (Å²) in [7, 11) is 0. The lowest BCUT2D eigenvalue weighted by molar-refractivity contribution is 0.0193. The standard InChI is InChI=1S/C12H17IN6O3/c1-12(2,3)22-11(21)18-4-5-19-7(6-18)8(9(13)16-19)10(20)15-17-14/h4-6H2,1-3H3,(H2,14,15,20). The number of fused-ring (bicyclic) bond motifs is 1. The average molecular weight is 420 g/mol. The van der Waals surface area contributed by atoms with Gasteiger partial charge in [0.15, 0.2) is 0 Å². The molecule has 2 rings (SSSR count). The van der Waals surface area contributed by atoms with Crippen molar-refractivity contribution in [2.24, 2.45) is 5.22 Å². The second-order valence-electron chi connectivity index (χ2n) is 5.79. The topological polar surface area (TPSA) is 113 Å². The molecule has 2 amide bonds. The minimum atomic E-state index is -0.576. The fraction of sp³-hybridized carbons (Fsp3) is 0.583. The summed E-state index contributed by atoms with van der Waals surface area (Å²) in [6, 6.07) is 0. The van der Waals surface area contributed by atoms with E-state index in [2.05, 4.69) is 15.7 Å². The van der Waals surface area contributed by atoms with Crippen LogP contribution >= 0.6 is 22.6 Å². The van der Waals surface area contributed by atoms with E-state index in [1.165, 1.54) is 4.90 Å². The Labute approximate surface area is 141 Å². The molecule has 0 radical (unpaired) electrons. The smallest absolute Gasteiger partial charge is 0.410 e. The normalized spacial score (nSPS) is 14.3. The number of aromatic nitrogens is 2. The maximum Gasteiger partial charge on any atom is 0.410 e. The Bertz CT molecular complexity index is 621. The van der Waals surface area contributed by atoms with E-state index in [1.54, 1.807) is 25.5 Å². The van der Waals surface area contributed by atoms with Crippen LogP contribution in [-0.2, 0) is 17.8 Å². The zero-order chi connectivity index (χ0) is 16.5. The second kappa shape index (κ2) is 6.18. The lowest BCUT2D eigenvalue weighted by Gasteiger charge is -2.30. The fourth-order valence-corrected chi connectivity index (χ4v) is 2.92. The SMILES string of the molecule is CC(C)(C)OC(=O)N1CCn2nc(I)c(C(=O)NN=N)c2C1. The van der Waals surface area contributed by atoms with Crippen LogP contribution in [0.5, 0.6) is 0 Å². The quantitative estimate of drug-likeness (QED) is 0.432. The summed E-state index contributed by atoms with van der Waals surface area (Å²) in [5.74, 6) is -0.508. The van der Waals surface area contributed by atoms with Gasteiger partial charge in [-0.15, -0.1) is 0 Å². The summed E-state index contributed by atoms with van der Waals surface area (Å²) in [4.78, 5) is 25.7. The fourth-order valence-electron chi connectivity index (χ4n) is 2.10. The Morgan fingerprint density at radius 1 is 1.41 bits per heavy atom. The highest BCUT2D eigenvalue weighted by molar-refractivity contribution is 14.1. The van der Waals surface area contributed by atoms with Gasteiger partial charge in [-0.25, -0.2) is 10.2 Å². The van der Waals surface area contributed by atoms with Gasteiger partial charge in [0.05, 0.1) is 24.3 Å². The third-order valence-corrected chi connectivity index (χ3v) is 3.73. The number of nitrogens with one attached hydrogen (secondary N) is 2. The third-order valence-electron chi connectivity index (χ3n) is 2.97. The summed E-state index contributed by atoms with van der Waals surface area (Å²) in [6.07, 6.45) is -0.425. The summed E-state index contributed by atoms with van der Waals surface area (Å²) in [6.45, 7) is 6.58. The maximum atomic E-state index is 12.2. The number of halogens is 1. The van der Waals surface area contributed by atoms with Crippen LogP contribution in [0.25, 0.3) is 0 Å². The van der Waals surface area contributed by atoms with Gasteiger partial charge in [0.2, 0.25) is 0 Å². The van der Waals surface area contributed by atoms with Crippen molar-refractivity contribution in [2.75, 3.05) is 6.54 Å². The van der Waals surface area contributed by atoms with E-state index in [9.17, 15) is 9.59 Å². The van der Waals surface area contributed by atoms with Crippen LogP contribution in [0.4, 0.5) is 4.79 Å². The minimum absolute atomic E-state index is 0.228. The van der Waals surface area contributed by atoms with Crippen LogP contribution in [0.1, 0.15) is 36.8 Å². The van der Waals surface area contributed by atoms with Gasteiger partial charge in [0.1, 0.15) is 9.30 Å². The van der Waals surface area contributed by atoms with Crippen molar-refractivity contribution in [1.82, 2.24) is 20.1 Å². The van der Waals surface area contributed by atoms with Crippen LogP contribution in [0.3, 0.4) is 0 Å². The maximum absolute atomic E-state index is 12.2. The third kappa shape index (κ3) is 3.54. The molecule has 0 aromatic carbocycles. The second-order valence-corrected chi connectivity index (χ2v) is 6.81. The Morgan fingerprint density at radius 2 is 2.09 bits per heavy atom. The Kier molecular flexibility index (Phi) is 4.68. The van der Waals surface area contributed by atoms with E-state index in [4.69, 9.17) is 10.3 Å². The first-order chi connectivity index (χ1) is 10.2. The number of amides is 2. The molecule has 0 saturated carbocycles. The first-order valence-corrected chi connectivity index (χ1v) is 7.70. The highest BCUT2D eigenvalue weighted by Gasteiger charge is 2.31. The highest BCUT2D eigenvalue weighted by Crippen LogP contribution is 2.23. The summed E-state index contributed by atoms with van der Waals surface area (Å²) in [5, 5.41) is 7.17. The van der Waals surface area contributed by atoms with Gasteiger partial charge in [0, 0.05) is 6.54 Å². The molecule has 0 spiro atoms. The van der Waals surface area contributed by atoms with Crippen molar-refractivity contribution in [2.45, 2.75) is 39.5 Å². The van der Waals surface area contributed by atoms with E-state index in [1.807, 2.05) is 22.6 Å².